The van der Waals surface area contributed by atoms with Crippen LogP contribution in [0.3, 0.4) is 0 Å². The first kappa shape index (κ1) is 13.5. The molecular weight excluding hydrogens is 220 g/mol. The summed E-state index contributed by atoms with van der Waals surface area (Å²) in [7, 11) is 1.56. The van der Waals surface area contributed by atoms with Crippen molar-refractivity contribution in [3.8, 4) is 5.75 Å². The van der Waals surface area contributed by atoms with E-state index in [0.717, 1.165) is 13.1 Å². The number of hydrogen-bond acceptors (Lipinski definition) is 6. The summed E-state index contributed by atoms with van der Waals surface area (Å²) in [6.07, 6.45) is 1.44. The minimum atomic E-state index is 0.354. The maximum atomic E-state index is 5.75. The summed E-state index contributed by atoms with van der Waals surface area (Å²) < 4.78 is 10.6. The van der Waals surface area contributed by atoms with E-state index in [4.69, 9.17) is 15.2 Å². The lowest BCUT2D eigenvalue weighted by Crippen LogP contribution is -2.28. The smallest absolute Gasteiger partial charge is 0.204 e. The molecule has 96 valence electrons. The molecule has 1 rings (SSSR count). The van der Waals surface area contributed by atoms with Gasteiger partial charge >= 0.3 is 0 Å². The van der Waals surface area contributed by atoms with E-state index in [1.165, 1.54) is 6.33 Å². The van der Waals surface area contributed by atoms with Crippen molar-refractivity contribution in [1.82, 2.24) is 9.97 Å². The van der Waals surface area contributed by atoms with Gasteiger partial charge < -0.3 is 20.1 Å². The first-order valence-corrected chi connectivity index (χ1v) is 5.71. The SMILES string of the molecule is CCOCCN(CC)c1ncnc(N)c1OC. The van der Waals surface area contributed by atoms with E-state index in [1.807, 2.05) is 18.7 Å². The lowest BCUT2D eigenvalue weighted by atomic mass is 10.4. The van der Waals surface area contributed by atoms with E-state index in [2.05, 4.69) is 9.97 Å². The zero-order valence-corrected chi connectivity index (χ0v) is 10.6. The Balaban J connectivity index is 2.83. The van der Waals surface area contributed by atoms with Crippen LogP contribution in [-0.4, -0.2) is 43.4 Å². The molecule has 2 N–H and O–H groups in total. The predicted molar refractivity (Wildman–Crippen MR) is 67.4 cm³/mol. The summed E-state index contributed by atoms with van der Waals surface area (Å²) in [5.74, 6) is 1.58. The zero-order valence-electron chi connectivity index (χ0n) is 10.6. The summed E-state index contributed by atoms with van der Waals surface area (Å²) in [6, 6.07) is 0. The molecule has 0 bridgehead atoms. The Morgan fingerprint density at radius 2 is 2.12 bits per heavy atom. The number of nitrogens with two attached hydrogens (primary N) is 1. The second-order valence-electron chi connectivity index (χ2n) is 3.39. The molecule has 0 unspecified atom stereocenters. The highest BCUT2D eigenvalue weighted by molar-refractivity contribution is 5.62. The molecule has 17 heavy (non-hydrogen) atoms. The van der Waals surface area contributed by atoms with Crippen molar-refractivity contribution in [2.45, 2.75) is 13.8 Å². The van der Waals surface area contributed by atoms with Crippen LogP contribution in [-0.2, 0) is 4.74 Å². The number of anilines is 2. The van der Waals surface area contributed by atoms with Gasteiger partial charge in [0.2, 0.25) is 5.75 Å². The van der Waals surface area contributed by atoms with Crippen molar-refractivity contribution in [2.75, 3.05) is 44.0 Å². The minimum Gasteiger partial charge on any atom is -0.490 e. The summed E-state index contributed by atoms with van der Waals surface area (Å²) >= 11 is 0. The van der Waals surface area contributed by atoms with E-state index in [0.29, 0.717) is 30.6 Å². The number of hydrogen-bond donors (Lipinski definition) is 1. The van der Waals surface area contributed by atoms with Crippen LogP contribution >= 0.6 is 0 Å². The van der Waals surface area contributed by atoms with E-state index >= 15 is 0 Å². The average molecular weight is 240 g/mol. The topological polar surface area (TPSA) is 73.5 Å². The van der Waals surface area contributed by atoms with Gasteiger partial charge in [0.05, 0.1) is 13.7 Å². The van der Waals surface area contributed by atoms with Crippen molar-refractivity contribution >= 4 is 11.6 Å². The van der Waals surface area contributed by atoms with Gasteiger partial charge in [-0.1, -0.05) is 0 Å². The van der Waals surface area contributed by atoms with Crippen molar-refractivity contribution in [3.05, 3.63) is 6.33 Å². The quantitative estimate of drug-likeness (QED) is 0.715. The van der Waals surface area contributed by atoms with Gasteiger partial charge in [-0.2, -0.15) is 0 Å². The van der Waals surface area contributed by atoms with Crippen LogP contribution in [0.15, 0.2) is 6.33 Å². The van der Waals surface area contributed by atoms with Crippen LogP contribution < -0.4 is 15.4 Å². The third-order valence-corrected chi connectivity index (χ3v) is 2.41. The molecule has 0 spiro atoms. The molecule has 0 amide bonds. The number of nitrogens with zero attached hydrogens (tertiary/aromatic N) is 3. The molecular formula is C11H20N4O2. The van der Waals surface area contributed by atoms with Crippen LogP contribution in [0.25, 0.3) is 0 Å². The minimum absolute atomic E-state index is 0.354. The number of likely N-dealkylation sites (N-methyl/N-ethyl adjacent to an activating group) is 1. The van der Waals surface area contributed by atoms with Gasteiger partial charge in [-0.3, -0.25) is 0 Å². The van der Waals surface area contributed by atoms with Crippen LogP contribution in [0, 0.1) is 0 Å². The highest BCUT2D eigenvalue weighted by atomic mass is 16.5. The number of ether oxygens (including phenoxy) is 2. The Morgan fingerprint density at radius 1 is 1.35 bits per heavy atom. The van der Waals surface area contributed by atoms with Crippen molar-refractivity contribution < 1.29 is 9.47 Å². The Morgan fingerprint density at radius 3 is 2.71 bits per heavy atom. The number of methoxy groups -OCH3 is 1. The second-order valence-corrected chi connectivity index (χ2v) is 3.39. The van der Waals surface area contributed by atoms with Gasteiger partial charge in [-0.05, 0) is 13.8 Å². The Bertz CT molecular complexity index is 346. The molecule has 0 aliphatic rings. The molecule has 1 aromatic rings. The van der Waals surface area contributed by atoms with Gasteiger partial charge in [-0.25, -0.2) is 9.97 Å². The number of aromatic nitrogens is 2. The maximum Gasteiger partial charge on any atom is 0.204 e. The molecule has 0 aromatic carbocycles. The molecule has 6 nitrogen and oxygen atoms in total. The molecule has 0 saturated heterocycles. The van der Waals surface area contributed by atoms with Gasteiger partial charge in [-0.15, -0.1) is 0 Å². The van der Waals surface area contributed by atoms with Crippen molar-refractivity contribution in [3.63, 3.8) is 0 Å². The van der Waals surface area contributed by atoms with Gasteiger partial charge in [0.15, 0.2) is 11.6 Å². The summed E-state index contributed by atoms with van der Waals surface area (Å²) in [5.41, 5.74) is 5.75. The Kier molecular flexibility index (Phi) is 5.48. The number of rotatable bonds is 7. The van der Waals surface area contributed by atoms with Crippen LogP contribution in [0.4, 0.5) is 11.6 Å². The van der Waals surface area contributed by atoms with Crippen LogP contribution in [0.1, 0.15) is 13.8 Å². The van der Waals surface area contributed by atoms with E-state index < -0.39 is 0 Å². The molecule has 0 radical (unpaired) electrons. The zero-order chi connectivity index (χ0) is 12.7. The van der Waals surface area contributed by atoms with Crippen LogP contribution in [0.5, 0.6) is 5.75 Å². The molecule has 6 heteroatoms. The second kappa shape index (κ2) is 6.90. The number of nitrogen functional groups attached to an aromatic ring is 1. The van der Waals surface area contributed by atoms with E-state index in [-0.39, 0.29) is 0 Å². The largest absolute Gasteiger partial charge is 0.490 e. The van der Waals surface area contributed by atoms with Crippen LogP contribution in [0.2, 0.25) is 0 Å². The van der Waals surface area contributed by atoms with E-state index in [1.54, 1.807) is 7.11 Å². The third kappa shape index (κ3) is 3.45. The van der Waals surface area contributed by atoms with Crippen molar-refractivity contribution in [2.24, 2.45) is 0 Å². The average Bonchev–Trinajstić information content (AvgIpc) is 2.34. The van der Waals surface area contributed by atoms with Gasteiger partial charge in [0, 0.05) is 19.7 Å². The highest BCUT2D eigenvalue weighted by Crippen LogP contribution is 2.29. The molecule has 0 fully saturated rings. The molecule has 1 aromatic heterocycles. The fourth-order valence-electron chi connectivity index (χ4n) is 1.53. The lowest BCUT2D eigenvalue weighted by molar-refractivity contribution is 0.154. The Labute approximate surface area is 102 Å². The molecule has 1 heterocycles. The standard InChI is InChI=1S/C11H20N4O2/c1-4-15(6-7-17-5-2)11-9(16-3)10(12)13-8-14-11/h8H,4-7H2,1-3H3,(H2,12,13,14). The first-order chi connectivity index (χ1) is 8.24. The molecule has 0 aliphatic heterocycles. The van der Waals surface area contributed by atoms with Gasteiger partial charge in [0.25, 0.3) is 0 Å². The fourth-order valence-corrected chi connectivity index (χ4v) is 1.53. The summed E-state index contributed by atoms with van der Waals surface area (Å²) in [4.78, 5) is 10.2. The lowest BCUT2D eigenvalue weighted by Gasteiger charge is -2.23. The summed E-state index contributed by atoms with van der Waals surface area (Å²) in [5, 5.41) is 0. The van der Waals surface area contributed by atoms with Gasteiger partial charge in [0.1, 0.15) is 6.33 Å². The molecule has 0 saturated carbocycles. The summed E-state index contributed by atoms with van der Waals surface area (Å²) in [6.45, 7) is 6.93. The molecule has 0 atom stereocenters. The fraction of sp³-hybridized carbons (Fsp3) is 0.636. The van der Waals surface area contributed by atoms with E-state index in [9.17, 15) is 0 Å². The maximum absolute atomic E-state index is 5.75. The predicted octanol–water partition coefficient (Wildman–Crippen LogP) is 0.930. The van der Waals surface area contributed by atoms with Crippen molar-refractivity contribution in [1.29, 1.82) is 0 Å². The normalized spacial score (nSPS) is 10.3. The molecule has 0 aliphatic carbocycles. The Hall–Kier alpha value is -1.56. The third-order valence-electron chi connectivity index (χ3n) is 2.41. The highest BCUT2D eigenvalue weighted by Gasteiger charge is 2.15. The monoisotopic (exact) mass is 240 g/mol. The first-order valence-electron chi connectivity index (χ1n) is 5.71.